The van der Waals surface area contributed by atoms with Crippen molar-refractivity contribution in [2.75, 3.05) is 13.2 Å². The van der Waals surface area contributed by atoms with Crippen LogP contribution in [0.2, 0.25) is 0 Å². The van der Waals surface area contributed by atoms with Crippen molar-refractivity contribution in [3.05, 3.63) is 47.5 Å². The molecule has 0 aliphatic heterocycles. The second-order valence-corrected chi connectivity index (χ2v) is 6.15. The third-order valence-corrected chi connectivity index (χ3v) is 4.08. The molecule has 2 rings (SSSR count). The van der Waals surface area contributed by atoms with E-state index in [1.165, 1.54) is 0 Å². The molecule has 0 bridgehead atoms. The van der Waals surface area contributed by atoms with Gasteiger partial charge in [-0.2, -0.15) is 0 Å². The summed E-state index contributed by atoms with van der Waals surface area (Å²) in [4.78, 5) is 22.5. The average Bonchev–Trinajstić information content (AvgIpc) is 2.68. The highest BCUT2D eigenvalue weighted by Crippen LogP contribution is 2.38. The summed E-state index contributed by atoms with van der Waals surface area (Å²) in [5, 5.41) is 0. The van der Waals surface area contributed by atoms with Crippen LogP contribution in [-0.2, 0) is 0 Å². The standard InChI is InChI=1S/C22H26O4/c1-3-5-11-25-21-9-7-17(15-23)13-19(21)20-14-18(16-24)8-10-22(20)26-12-6-4-2/h7-10,13-16H,3-6,11-12H2,1-2H3. The molecule has 0 aromatic heterocycles. The Balaban J connectivity index is 2.48. The lowest BCUT2D eigenvalue weighted by Gasteiger charge is -2.16. The number of aldehydes is 2. The van der Waals surface area contributed by atoms with E-state index in [-0.39, 0.29) is 0 Å². The maximum absolute atomic E-state index is 11.3. The first-order valence-electron chi connectivity index (χ1n) is 9.17. The van der Waals surface area contributed by atoms with Gasteiger partial charge < -0.3 is 9.47 Å². The van der Waals surface area contributed by atoms with Gasteiger partial charge in [0.2, 0.25) is 0 Å². The summed E-state index contributed by atoms with van der Waals surface area (Å²) in [5.74, 6) is 1.37. The molecule has 0 saturated heterocycles. The summed E-state index contributed by atoms with van der Waals surface area (Å²) in [6, 6.07) is 10.6. The van der Waals surface area contributed by atoms with Gasteiger partial charge in [0, 0.05) is 22.3 Å². The molecule has 0 aliphatic rings. The largest absolute Gasteiger partial charge is 0.493 e. The second kappa shape index (κ2) is 10.4. The zero-order valence-corrected chi connectivity index (χ0v) is 15.5. The number of carbonyl (C=O) groups excluding carboxylic acids is 2. The molecule has 138 valence electrons. The molecule has 0 amide bonds. The summed E-state index contributed by atoms with van der Waals surface area (Å²) in [6.45, 7) is 5.41. The maximum Gasteiger partial charge on any atom is 0.150 e. The van der Waals surface area contributed by atoms with E-state index < -0.39 is 0 Å². The van der Waals surface area contributed by atoms with Gasteiger partial charge in [0.1, 0.15) is 24.1 Å². The molecule has 0 radical (unpaired) electrons. The molecule has 26 heavy (non-hydrogen) atoms. The van der Waals surface area contributed by atoms with Gasteiger partial charge in [-0.05, 0) is 49.2 Å². The highest BCUT2D eigenvalue weighted by Gasteiger charge is 2.14. The van der Waals surface area contributed by atoms with Crippen LogP contribution in [0.5, 0.6) is 11.5 Å². The lowest BCUT2D eigenvalue weighted by molar-refractivity contribution is 0.111. The molecule has 0 N–H and O–H groups in total. The lowest BCUT2D eigenvalue weighted by atomic mass is 9.99. The molecule has 0 unspecified atom stereocenters. The van der Waals surface area contributed by atoms with Gasteiger partial charge in [-0.15, -0.1) is 0 Å². The first-order chi connectivity index (χ1) is 12.7. The van der Waals surface area contributed by atoms with E-state index in [1.54, 1.807) is 36.4 Å². The van der Waals surface area contributed by atoms with Crippen molar-refractivity contribution < 1.29 is 19.1 Å². The lowest BCUT2D eigenvalue weighted by Crippen LogP contribution is -2.02. The number of ether oxygens (including phenoxy) is 2. The Morgan fingerprint density at radius 1 is 0.731 bits per heavy atom. The Morgan fingerprint density at radius 2 is 1.15 bits per heavy atom. The van der Waals surface area contributed by atoms with Crippen molar-refractivity contribution in [3.8, 4) is 22.6 Å². The Labute approximate surface area is 155 Å². The van der Waals surface area contributed by atoms with Crippen LogP contribution in [0.25, 0.3) is 11.1 Å². The fraction of sp³-hybridized carbons (Fsp3) is 0.364. The van der Waals surface area contributed by atoms with Gasteiger partial charge in [-0.25, -0.2) is 0 Å². The zero-order chi connectivity index (χ0) is 18.8. The molecular weight excluding hydrogens is 328 g/mol. The van der Waals surface area contributed by atoms with Gasteiger partial charge in [-0.1, -0.05) is 26.7 Å². The van der Waals surface area contributed by atoms with Gasteiger partial charge in [0.05, 0.1) is 13.2 Å². The van der Waals surface area contributed by atoms with Crippen LogP contribution in [0.15, 0.2) is 36.4 Å². The van der Waals surface area contributed by atoms with Crippen molar-refractivity contribution in [3.63, 3.8) is 0 Å². The molecule has 0 spiro atoms. The fourth-order valence-electron chi connectivity index (χ4n) is 2.57. The minimum atomic E-state index is 0.554. The summed E-state index contributed by atoms with van der Waals surface area (Å²) < 4.78 is 11.9. The highest BCUT2D eigenvalue weighted by molar-refractivity contribution is 5.86. The first kappa shape index (κ1) is 19.7. The van der Waals surface area contributed by atoms with Crippen molar-refractivity contribution in [2.24, 2.45) is 0 Å². The summed E-state index contributed by atoms with van der Waals surface area (Å²) in [6.07, 6.45) is 5.58. The van der Waals surface area contributed by atoms with E-state index in [0.29, 0.717) is 35.8 Å². The van der Waals surface area contributed by atoms with Gasteiger partial charge in [-0.3, -0.25) is 9.59 Å². The number of rotatable bonds is 11. The van der Waals surface area contributed by atoms with Crippen molar-refractivity contribution in [2.45, 2.75) is 39.5 Å². The predicted octanol–water partition coefficient (Wildman–Crippen LogP) is 5.34. The van der Waals surface area contributed by atoms with Crippen LogP contribution >= 0.6 is 0 Å². The van der Waals surface area contributed by atoms with Crippen molar-refractivity contribution in [1.29, 1.82) is 0 Å². The van der Waals surface area contributed by atoms with Gasteiger partial charge >= 0.3 is 0 Å². The molecule has 4 heteroatoms. The fourth-order valence-corrected chi connectivity index (χ4v) is 2.57. The van der Waals surface area contributed by atoms with E-state index >= 15 is 0 Å². The summed E-state index contributed by atoms with van der Waals surface area (Å²) in [5.41, 5.74) is 2.64. The number of hydrogen-bond donors (Lipinski definition) is 0. The molecule has 0 atom stereocenters. The molecule has 0 heterocycles. The zero-order valence-electron chi connectivity index (χ0n) is 15.5. The maximum atomic E-state index is 11.3. The number of carbonyl (C=O) groups is 2. The minimum Gasteiger partial charge on any atom is -0.493 e. The van der Waals surface area contributed by atoms with Gasteiger partial charge in [0.25, 0.3) is 0 Å². The third-order valence-electron chi connectivity index (χ3n) is 4.08. The molecular formula is C22H26O4. The van der Waals surface area contributed by atoms with Crippen LogP contribution in [-0.4, -0.2) is 25.8 Å². The number of unbranched alkanes of at least 4 members (excludes halogenated alkanes) is 2. The molecule has 2 aromatic rings. The van der Waals surface area contributed by atoms with Crippen molar-refractivity contribution >= 4 is 12.6 Å². The predicted molar refractivity (Wildman–Crippen MR) is 103 cm³/mol. The summed E-state index contributed by atoms with van der Waals surface area (Å²) in [7, 11) is 0. The summed E-state index contributed by atoms with van der Waals surface area (Å²) >= 11 is 0. The number of benzene rings is 2. The van der Waals surface area contributed by atoms with Crippen LogP contribution < -0.4 is 9.47 Å². The SMILES string of the molecule is CCCCOc1ccc(C=O)cc1-c1cc(C=O)ccc1OCCCC. The topological polar surface area (TPSA) is 52.6 Å². The Kier molecular flexibility index (Phi) is 7.87. The quantitative estimate of drug-likeness (QED) is 0.404. The van der Waals surface area contributed by atoms with Crippen LogP contribution in [0.3, 0.4) is 0 Å². The Bertz CT molecular complexity index is 673. The van der Waals surface area contributed by atoms with Gasteiger partial charge in [0.15, 0.2) is 0 Å². The molecule has 0 saturated carbocycles. The molecule has 0 fully saturated rings. The highest BCUT2D eigenvalue weighted by atomic mass is 16.5. The third kappa shape index (κ3) is 5.19. The Morgan fingerprint density at radius 3 is 1.50 bits per heavy atom. The van der Waals surface area contributed by atoms with E-state index in [9.17, 15) is 9.59 Å². The van der Waals surface area contributed by atoms with E-state index in [1.807, 2.05) is 0 Å². The van der Waals surface area contributed by atoms with Crippen LogP contribution in [0.1, 0.15) is 60.2 Å². The minimum absolute atomic E-state index is 0.554. The second-order valence-electron chi connectivity index (χ2n) is 6.15. The molecule has 4 nitrogen and oxygen atoms in total. The van der Waals surface area contributed by atoms with Crippen molar-refractivity contribution in [1.82, 2.24) is 0 Å². The van der Waals surface area contributed by atoms with E-state index in [0.717, 1.165) is 49.4 Å². The van der Waals surface area contributed by atoms with Crippen LogP contribution in [0, 0.1) is 0 Å². The first-order valence-corrected chi connectivity index (χ1v) is 9.17. The van der Waals surface area contributed by atoms with E-state index in [4.69, 9.17) is 9.47 Å². The van der Waals surface area contributed by atoms with Crippen LogP contribution in [0.4, 0.5) is 0 Å². The average molecular weight is 354 g/mol. The van der Waals surface area contributed by atoms with E-state index in [2.05, 4.69) is 13.8 Å². The normalized spacial score (nSPS) is 10.4. The monoisotopic (exact) mass is 354 g/mol. The molecule has 2 aromatic carbocycles. The smallest absolute Gasteiger partial charge is 0.150 e. The number of hydrogen-bond acceptors (Lipinski definition) is 4. The Hall–Kier alpha value is -2.62. The molecule has 0 aliphatic carbocycles.